The second kappa shape index (κ2) is 6.05. The van der Waals surface area contributed by atoms with Gasteiger partial charge in [0.15, 0.2) is 0 Å². The minimum atomic E-state index is -0.282. The van der Waals surface area contributed by atoms with Crippen LogP contribution in [0.4, 0.5) is 10.1 Å². The van der Waals surface area contributed by atoms with E-state index in [0.29, 0.717) is 23.6 Å². The molecule has 4 heteroatoms. The van der Waals surface area contributed by atoms with Crippen LogP contribution in [0.15, 0.2) is 12.1 Å². The van der Waals surface area contributed by atoms with Crippen molar-refractivity contribution >= 4 is 5.69 Å². The lowest BCUT2D eigenvalue weighted by Gasteiger charge is -2.26. The Labute approximate surface area is 108 Å². The Morgan fingerprint density at radius 1 is 1.28 bits per heavy atom. The molecule has 1 heterocycles. The summed E-state index contributed by atoms with van der Waals surface area (Å²) in [6.45, 7) is 5.54. The summed E-state index contributed by atoms with van der Waals surface area (Å²) < 4.78 is 18.9. The lowest BCUT2D eigenvalue weighted by atomic mass is 10.1. The number of hydrogen-bond acceptors (Lipinski definition) is 3. The largest absolute Gasteiger partial charge is 0.490 e. The Balaban J connectivity index is 1.84. The number of piperidine rings is 1. The maximum absolute atomic E-state index is 13.2. The van der Waals surface area contributed by atoms with Crippen LogP contribution >= 0.6 is 0 Å². The van der Waals surface area contributed by atoms with Gasteiger partial charge in [-0.15, -0.1) is 0 Å². The number of rotatable bonds is 4. The molecule has 0 bridgehead atoms. The van der Waals surface area contributed by atoms with Gasteiger partial charge in [0.25, 0.3) is 0 Å². The van der Waals surface area contributed by atoms with Crippen LogP contribution in [0.1, 0.15) is 24.8 Å². The van der Waals surface area contributed by atoms with Crippen molar-refractivity contribution in [2.45, 2.75) is 26.2 Å². The zero-order chi connectivity index (χ0) is 13.0. The highest BCUT2D eigenvalue weighted by molar-refractivity contribution is 5.54. The third kappa shape index (κ3) is 3.35. The predicted octanol–water partition coefficient (Wildman–Crippen LogP) is 2.58. The first kappa shape index (κ1) is 13.1. The van der Waals surface area contributed by atoms with E-state index in [0.717, 1.165) is 19.6 Å². The third-order valence-electron chi connectivity index (χ3n) is 3.40. The van der Waals surface area contributed by atoms with Crippen LogP contribution in [0.3, 0.4) is 0 Å². The highest BCUT2D eigenvalue weighted by Crippen LogP contribution is 2.24. The summed E-state index contributed by atoms with van der Waals surface area (Å²) >= 11 is 0. The average molecular weight is 252 g/mol. The molecule has 0 amide bonds. The van der Waals surface area contributed by atoms with E-state index in [1.807, 2.05) is 0 Å². The molecule has 0 aromatic heterocycles. The first-order chi connectivity index (χ1) is 8.66. The molecule has 0 unspecified atom stereocenters. The fraction of sp³-hybridized carbons (Fsp3) is 0.571. The summed E-state index contributed by atoms with van der Waals surface area (Å²) in [6.07, 6.45) is 3.89. The Morgan fingerprint density at radius 3 is 2.72 bits per heavy atom. The Bertz CT molecular complexity index is 403. The number of aryl methyl sites for hydroxylation is 1. The summed E-state index contributed by atoms with van der Waals surface area (Å²) in [5.74, 6) is 0.307. The maximum atomic E-state index is 13.2. The van der Waals surface area contributed by atoms with Gasteiger partial charge in [0, 0.05) is 12.6 Å². The Kier molecular flexibility index (Phi) is 4.42. The first-order valence-electron chi connectivity index (χ1n) is 6.57. The van der Waals surface area contributed by atoms with Crippen molar-refractivity contribution in [2.75, 3.05) is 32.0 Å². The zero-order valence-electron chi connectivity index (χ0n) is 10.9. The Hall–Kier alpha value is -1.29. The predicted molar refractivity (Wildman–Crippen MR) is 71.3 cm³/mol. The van der Waals surface area contributed by atoms with Crippen molar-refractivity contribution in [1.29, 1.82) is 0 Å². The smallest absolute Gasteiger partial charge is 0.142 e. The van der Waals surface area contributed by atoms with Gasteiger partial charge in [-0.3, -0.25) is 4.90 Å². The van der Waals surface area contributed by atoms with Crippen molar-refractivity contribution in [3.8, 4) is 5.75 Å². The van der Waals surface area contributed by atoms with Crippen LogP contribution in [0.25, 0.3) is 0 Å². The van der Waals surface area contributed by atoms with Gasteiger partial charge in [0.1, 0.15) is 18.2 Å². The SMILES string of the molecule is Cc1cc(OCCN2CCCCC2)c(N)cc1F. The van der Waals surface area contributed by atoms with Gasteiger partial charge in [0.05, 0.1) is 5.69 Å². The summed E-state index contributed by atoms with van der Waals surface area (Å²) in [6, 6.07) is 2.99. The molecular weight excluding hydrogens is 231 g/mol. The highest BCUT2D eigenvalue weighted by atomic mass is 19.1. The lowest BCUT2D eigenvalue weighted by Crippen LogP contribution is -2.33. The Morgan fingerprint density at radius 2 is 2.00 bits per heavy atom. The second-order valence-corrected chi connectivity index (χ2v) is 4.89. The van der Waals surface area contributed by atoms with Gasteiger partial charge in [0.2, 0.25) is 0 Å². The van der Waals surface area contributed by atoms with E-state index in [-0.39, 0.29) is 5.82 Å². The molecule has 0 aliphatic carbocycles. The fourth-order valence-electron chi connectivity index (χ4n) is 2.26. The van der Waals surface area contributed by atoms with Crippen LogP contribution < -0.4 is 10.5 Å². The number of anilines is 1. The zero-order valence-corrected chi connectivity index (χ0v) is 10.9. The van der Waals surface area contributed by atoms with Gasteiger partial charge in [-0.25, -0.2) is 4.39 Å². The molecule has 1 saturated heterocycles. The molecule has 2 N–H and O–H groups in total. The second-order valence-electron chi connectivity index (χ2n) is 4.89. The quantitative estimate of drug-likeness (QED) is 0.837. The van der Waals surface area contributed by atoms with E-state index in [9.17, 15) is 4.39 Å². The lowest BCUT2D eigenvalue weighted by molar-refractivity contribution is 0.183. The minimum absolute atomic E-state index is 0.282. The van der Waals surface area contributed by atoms with E-state index in [4.69, 9.17) is 10.5 Å². The molecule has 0 spiro atoms. The molecule has 3 nitrogen and oxygen atoms in total. The topological polar surface area (TPSA) is 38.5 Å². The van der Waals surface area contributed by atoms with Crippen LogP contribution in [0, 0.1) is 12.7 Å². The number of nitrogen functional groups attached to an aromatic ring is 1. The molecule has 1 fully saturated rings. The van der Waals surface area contributed by atoms with E-state index in [2.05, 4.69) is 4.90 Å². The molecule has 0 saturated carbocycles. The van der Waals surface area contributed by atoms with Crippen molar-refractivity contribution < 1.29 is 9.13 Å². The molecule has 1 aromatic carbocycles. The monoisotopic (exact) mass is 252 g/mol. The number of halogens is 1. The molecule has 0 atom stereocenters. The fourth-order valence-corrected chi connectivity index (χ4v) is 2.26. The molecule has 18 heavy (non-hydrogen) atoms. The number of nitrogens with zero attached hydrogens (tertiary/aromatic N) is 1. The number of benzene rings is 1. The van der Waals surface area contributed by atoms with Gasteiger partial charge in [-0.2, -0.15) is 0 Å². The highest BCUT2D eigenvalue weighted by Gasteiger charge is 2.10. The van der Waals surface area contributed by atoms with Crippen LogP contribution in [-0.4, -0.2) is 31.1 Å². The van der Waals surface area contributed by atoms with Crippen LogP contribution in [0.5, 0.6) is 5.75 Å². The maximum Gasteiger partial charge on any atom is 0.142 e. The molecule has 1 aliphatic heterocycles. The molecule has 1 aromatic rings. The van der Waals surface area contributed by atoms with Crippen molar-refractivity contribution in [1.82, 2.24) is 4.90 Å². The number of ether oxygens (including phenoxy) is 1. The van der Waals surface area contributed by atoms with Crippen LogP contribution in [-0.2, 0) is 0 Å². The molecule has 1 aliphatic rings. The molecular formula is C14H21FN2O. The summed E-state index contributed by atoms with van der Waals surface area (Å²) in [7, 11) is 0. The van der Waals surface area contributed by atoms with E-state index < -0.39 is 0 Å². The molecule has 2 rings (SSSR count). The third-order valence-corrected chi connectivity index (χ3v) is 3.40. The summed E-state index contributed by atoms with van der Waals surface area (Å²) in [5.41, 5.74) is 6.67. The van der Waals surface area contributed by atoms with Crippen molar-refractivity contribution in [3.05, 3.63) is 23.5 Å². The minimum Gasteiger partial charge on any atom is -0.490 e. The number of hydrogen-bond donors (Lipinski definition) is 1. The summed E-state index contributed by atoms with van der Waals surface area (Å²) in [4.78, 5) is 2.40. The summed E-state index contributed by atoms with van der Waals surface area (Å²) in [5, 5.41) is 0. The first-order valence-corrected chi connectivity index (χ1v) is 6.57. The number of nitrogens with two attached hydrogens (primary N) is 1. The van der Waals surface area contributed by atoms with E-state index >= 15 is 0 Å². The van der Waals surface area contributed by atoms with Gasteiger partial charge in [-0.1, -0.05) is 6.42 Å². The standard InChI is InChI=1S/C14H21FN2O/c1-11-9-14(13(16)10-12(11)15)18-8-7-17-5-3-2-4-6-17/h9-10H,2-8,16H2,1H3. The number of likely N-dealkylation sites (tertiary alicyclic amines) is 1. The average Bonchev–Trinajstić information content (AvgIpc) is 2.37. The molecule has 0 radical (unpaired) electrons. The van der Waals surface area contributed by atoms with Gasteiger partial charge < -0.3 is 10.5 Å². The van der Waals surface area contributed by atoms with Crippen molar-refractivity contribution in [2.24, 2.45) is 0 Å². The normalized spacial score (nSPS) is 16.8. The van der Waals surface area contributed by atoms with Crippen molar-refractivity contribution in [3.63, 3.8) is 0 Å². The van der Waals surface area contributed by atoms with Gasteiger partial charge >= 0.3 is 0 Å². The van der Waals surface area contributed by atoms with Crippen LogP contribution in [0.2, 0.25) is 0 Å². The van der Waals surface area contributed by atoms with E-state index in [1.54, 1.807) is 13.0 Å². The van der Waals surface area contributed by atoms with E-state index in [1.165, 1.54) is 25.3 Å². The van der Waals surface area contributed by atoms with Gasteiger partial charge in [-0.05, 0) is 44.5 Å². The molecule has 100 valence electrons.